The summed E-state index contributed by atoms with van der Waals surface area (Å²) in [5, 5.41) is 7.84. The fraction of sp³-hybridized carbons (Fsp3) is 0.400. The lowest BCUT2D eigenvalue weighted by atomic mass is 10.1. The van der Waals surface area contributed by atoms with Crippen molar-refractivity contribution >= 4 is 5.91 Å². The molecule has 1 aliphatic heterocycles. The molecule has 1 aromatic heterocycles. The molecule has 1 aliphatic rings. The monoisotopic (exact) mass is 270 g/mol. The summed E-state index contributed by atoms with van der Waals surface area (Å²) in [5.74, 6) is 0.193. The first-order valence-electron chi connectivity index (χ1n) is 6.91. The van der Waals surface area contributed by atoms with E-state index in [1.165, 1.54) is 5.56 Å². The van der Waals surface area contributed by atoms with E-state index >= 15 is 0 Å². The maximum atomic E-state index is 12.3. The second-order valence-corrected chi connectivity index (χ2v) is 5.33. The molecule has 5 heteroatoms. The van der Waals surface area contributed by atoms with Gasteiger partial charge in [0.1, 0.15) is 0 Å². The number of hydrogen-bond donors (Lipinski definition) is 0. The van der Waals surface area contributed by atoms with Crippen LogP contribution in [0.5, 0.6) is 0 Å². The lowest BCUT2D eigenvalue weighted by Gasteiger charge is -2.16. The second-order valence-electron chi connectivity index (χ2n) is 5.33. The van der Waals surface area contributed by atoms with Crippen molar-refractivity contribution in [3.8, 4) is 0 Å². The first-order chi connectivity index (χ1) is 9.72. The van der Waals surface area contributed by atoms with Gasteiger partial charge in [-0.25, -0.2) is 4.68 Å². The minimum Gasteiger partial charge on any atom is -0.340 e. The van der Waals surface area contributed by atoms with E-state index in [1.807, 2.05) is 40.9 Å². The lowest BCUT2D eigenvalue weighted by molar-refractivity contribution is -0.129. The van der Waals surface area contributed by atoms with Gasteiger partial charge < -0.3 is 4.90 Å². The second kappa shape index (κ2) is 5.45. The summed E-state index contributed by atoms with van der Waals surface area (Å²) in [5.41, 5.74) is 2.27. The van der Waals surface area contributed by atoms with Crippen molar-refractivity contribution < 1.29 is 4.79 Å². The van der Waals surface area contributed by atoms with Crippen molar-refractivity contribution in [2.24, 2.45) is 0 Å². The Balaban J connectivity index is 1.61. The van der Waals surface area contributed by atoms with Gasteiger partial charge in [-0.1, -0.05) is 35.0 Å². The molecule has 20 heavy (non-hydrogen) atoms. The zero-order valence-corrected chi connectivity index (χ0v) is 11.6. The zero-order chi connectivity index (χ0) is 13.9. The van der Waals surface area contributed by atoms with E-state index in [4.69, 9.17) is 0 Å². The molecule has 5 nitrogen and oxygen atoms in total. The Hall–Kier alpha value is -2.17. The number of benzene rings is 1. The number of aryl methyl sites for hydroxylation is 1. The Morgan fingerprint density at radius 1 is 1.45 bits per heavy atom. The van der Waals surface area contributed by atoms with Crippen LogP contribution in [0, 0.1) is 6.92 Å². The van der Waals surface area contributed by atoms with E-state index in [1.54, 1.807) is 6.20 Å². The standard InChI is InChI=1S/C15H18N4O/c1-12-3-2-4-13(9-12)10-15(20)18-7-5-14(11-18)19-8-6-16-17-19/h2-4,6,8-9,14H,5,7,10-11H2,1H3/t14-/m1/s1. The van der Waals surface area contributed by atoms with Crippen LogP contribution in [0.25, 0.3) is 0 Å². The van der Waals surface area contributed by atoms with Crippen LogP contribution in [-0.4, -0.2) is 38.9 Å². The van der Waals surface area contributed by atoms with Gasteiger partial charge in [0, 0.05) is 19.3 Å². The van der Waals surface area contributed by atoms with E-state index in [-0.39, 0.29) is 11.9 Å². The zero-order valence-electron chi connectivity index (χ0n) is 11.6. The highest BCUT2D eigenvalue weighted by Crippen LogP contribution is 2.21. The molecule has 0 aliphatic carbocycles. The molecule has 2 heterocycles. The fourth-order valence-corrected chi connectivity index (χ4v) is 2.70. The molecule has 104 valence electrons. The van der Waals surface area contributed by atoms with E-state index in [0.29, 0.717) is 6.42 Å². The van der Waals surface area contributed by atoms with Gasteiger partial charge in [-0.15, -0.1) is 5.10 Å². The molecule has 0 radical (unpaired) electrons. The van der Waals surface area contributed by atoms with Crippen LogP contribution < -0.4 is 0 Å². The summed E-state index contributed by atoms with van der Waals surface area (Å²) in [6.07, 6.45) is 4.96. The topological polar surface area (TPSA) is 51.0 Å². The third-order valence-electron chi connectivity index (χ3n) is 3.77. The predicted octanol–water partition coefficient (Wildman–Crippen LogP) is 1.60. The number of carbonyl (C=O) groups is 1. The Labute approximate surface area is 118 Å². The average Bonchev–Trinajstić information content (AvgIpc) is 3.10. The number of aromatic nitrogens is 3. The van der Waals surface area contributed by atoms with Gasteiger partial charge >= 0.3 is 0 Å². The fourth-order valence-electron chi connectivity index (χ4n) is 2.70. The van der Waals surface area contributed by atoms with Crippen LogP contribution in [0.2, 0.25) is 0 Å². The summed E-state index contributed by atoms with van der Waals surface area (Å²) in [6, 6.07) is 8.39. The largest absolute Gasteiger partial charge is 0.340 e. The van der Waals surface area contributed by atoms with Gasteiger partial charge in [0.2, 0.25) is 5.91 Å². The molecule has 0 unspecified atom stereocenters. The van der Waals surface area contributed by atoms with Gasteiger partial charge in [0.05, 0.1) is 18.7 Å². The smallest absolute Gasteiger partial charge is 0.227 e. The van der Waals surface area contributed by atoms with Crippen LogP contribution in [-0.2, 0) is 11.2 Å². The molecule has 0 bridgehead atoms. The van der Waals surface area contributed by atoms with Crippen LogP contribution in [0.15, 0.2) is 36.7 Å². The normalized spacial score (nSPS) is 18.4. The highest BCUT2D eigenvalue weighted by atomic mass is 16.2. The van der Waals surface area contributed by atoms with Gasteiger partial charge in [0.25, 0.3) is 0 Å². The van der Waals surface area contributed by atoms with Gasteiger partial charge in [-0.3, -0.25) is 4.79 Å². The summed E-state index contributed by atoms with van der Waals surface area (Å²) < 4.78 is 1.85. The van der Waals surface area contributed by atoms with Crippen molar-refractivity contribution in [3.63, 3.8) is 0 Å². The summed E-state index contributed by atoms with van der Waals surface area (Å²) in [4.78, 5) is 14.2. The maximum absolute atomic E-state index is 12.3. The minimum atomic E-state index is 0.193. The minimum absolute atomic E-state index is 0.193. The molecular formula is C15H18N4O. The Kier molecular flexibility index (Phi) is 3.50. The molecule has 1 aromatic carbocycles. The third kappa shape index (κ3) is 2.71. The maximum Gasteiger partial charge on any atom is 0.227 e. The van der Waals surface area contributed by atoms with Crippen molar-refractivity contribution in [2.45, 2.75) is 25.8 Å². The Morgan fingerprint density at radius 2 is 2.35 bits per heavy atom. The highest BCUT2D eigenvalue weighted by Gasteiger charge is 2.27. The molecule has 0 N–H and O–H groups in total. The Bertz CT molecular complexity index is 594. The molecule has 3 rings (SSSR count). The third-order valence-corrected chi connectivity index (χ3v) is 3.77. The molecule has 1 fully saturated rings. The average molecular weight is 270 g/mol. The first kappa shape index (κ1) is 12.8. The van der Waals surface area contributed by atoms with Crippen LogP contribution >= 0.6 is 0 Å². The number of rotatable bonds is 3. The molecule has 0 saturated carbocycles. The van der Waals surface area contributed by atoms with E-state index < -0.39 is 0 Å². The summed E-state index contributed by atoms with van der Waals surface area (Å²) >= 11 is 0. The first-order valence-corrected chi connectivity index (χ1v) is 6.91. The van der Waals surface area contributed by atoms with Gasteiger partial charge in [-0.2, -0.15) is 0 Å². The van der Waals surface area contributed by atoms with Crippen molar-refractivity contribution in [1.29, 1.82) is 0 Å². The molecule has 0 spiro atoms. The number of nitrogens with zero attached hydrogens (tertiary/aromatic N) is 4. The van der Waals surface area contributed by atoms with E-state index in [2.05, 4.69) is 16.4 Å². The highest BCUT2D eigenvalue weighted by molar-refractivity contribution is 5.79. The van der Waals surface area contributed by atoms with Crippen LogP contribution in [0.4, 0.5) is 0 Å². The number of hydrogen-bond acceptors (Lipinski definition) is 3. The summed E-state index contributed by atoms with van der Waals surface area (Å²) in [6.45, 7) is 3.58. The number of likely N-dealkylation sites (tertiary alicyclic amines) is 1. The van der Waals surface area contributed by atoms with Gasteiger partial charge in [0.15, 0.2) is 0 Å². The van der Waals surface area contributed by atoms with Crippen LogP contribution in [0.3, 0.4) is 0 Å². The Morgan fingerprint density at radius 3 is 3.10 bits per heavy atom. The molecule has 1 amide bonds. The van der Waals surface area contributed by atoms with Crippen LogP contribution in [0.1, 0.15) is 23.6 Å². The number of amides is 1. The van der Waals surface area contributed by atoms with Crippen molar-refractivity contribution in [3.05, 3.63) is 47.8 Å². The molecule has 1 saturated heterocycles. The summed E-state index contributed by atoms with van der Waals surface area (Å²) in [7, 11) is 0. The van der Waals surface area contributed by atoms with Crippen molar-refractivity contribution in [1.82, 2.24) is 19.9 Å². The number of carbonyl (C=O) groups excluding carboxylic acids is 1. The molecular weight excluding hydrogens is 252 g/mol. The molecule has 1 atom stereocenters. The molecule has 2 aromatic rings. The van der Waals surface area contributed by atoms with E-state index in [9.17, 15) is 4.79 Å². The predicted molar refractivity (Wildman–Crippen MR) is 75.1 cm³/mol. The SMILES string of the molecule is Cc1cccc(CC(=O)N2CC[C@@H](n3ccnn3)C2)c1. The van der Waals surface area contributed by atoms with Crippen molar-refractivity contribution in [2.75, 3.05) is 13.1 Å². The lowest BCUT2D eigenvalue weighted by Crippen LogP contribution is -2.30. The van der Waals surface area contributed by atoms with Gasteiger partial charge in [-0.05, 0) is 18.9 Å². The quantitative estimate of drug-likeness (QED) is 0.851. The van der Waals surface area contributed by atoms with E-state index in [0.717, 1.165) is 25.1 Å².